The van der Waals surface area contributed by atoms with Crippen LogP contribution in [-0.4, -0.2) is 16.2 Å². The van der Waals surface area contributed by atoms with Gasteiger partial charge in [0.1, 0.15) is 6.26 Å². The minimum absolute atomic E-state index is 0.322. The molecule has 0 aliphatic heterocycles. The van der Waals surface area contributed by atoms with E-state index in [0.717, 1.165) is 0 Å². The highest BCUT2D eigenvalue weighted by Crippen LogP contribution is 1.88. The lowest BCUT2D eigenvalue weighted by molar-refractivity contribution is -0.130. The van der Waals surface area contributed by atoms with Gasteiger partial charge in [0.15, 0.2) is 5.69 Å². The third-order valence-electron chi connectivity index (χ3n) is 0.735. The summed E-state index contributed by atoms with van der Waals surface area (Å²) in [5.41, 5.74) is 0.322. The topological polar surface area (TPSA) is 63.3 Å². The average molecular weight is 137 g/mol. The number of carbonyl (C=O) groups is 1. The maximum absolute atomic E-state index is 9.86. The Morgan fingerprint density at radius 2 is 2.60 bits per heavy atom. The summed E-state index contributed by atoms with van der Waals surface area (Å²) < 4.78 is 4.40. The molecule has 0 aliphatic carbocycles. The third-order valence-corrected chi connectivity index (χ3v) is 0.735. The number of hydrogen-bond acceptors (Lipinski definition) is 3. The van der Waals surface area contributed by atoms with Crippen molar-refractivity contribution in [2.24, 2.45) is 0 Å². The van der Waals surface area contributed by atoms with Crippen LogP contribution in [-0.2, 0) is 4.79 Å². The number of carboxylic acids is 1. The highest BCUT2D eigenvalue weighted by atomic mass is 16.5. The standard InChI is InChI=1S/C6H3NO3/c8-6(9)2-1-5-3-4-10-7-5/h3-4H,(H,8,9). The molecule has 0 bridgehead atoms. The fourth-order valence-corrected chi connectivity index (χ4v) is 0.395. The van der Waals surface area contributed by atoms with Gasteiger partial charge in [-0.3, -0.25) is 0 Å². The molecule has 4 nitrogen and oxygen atoms in total. The molecule has 1 aromatic heterocycles. The van der Waals surface area contributed by atoms with Crippen molar-refractivity contribution in [1.29, 1.82) is 0 Å². The molecule has 1 heterocycles. The van der Waals surface area contributed by atoms with Gasteiger partial charge >= 0.3 is 5.97 Å². The Labute approximate surface area is 56.4 Å². The Kier molecular flexibility index (Phi) is 1.71. The molecule has 0 radical (unpaired) electrons. The lowest BCUT2D eigenvalue weighted by atomic mass is 10.4. The maximum Gasteiger partial charge on any atom is 0.382 e. The third kappa shape index (κ3) is 1.63. The normalized spacial score (nSPS) is 8.00. The molecule has 0 spiro atoms. The number of rotatable bonds is 0. The first-order valence-corrected chi connectivity index (χ1v) is 2.44. The minimum Gasteiger partial charge on any atom is -0.472 e. The molecule has 0 amide bonds. The van der Waals surface area contributed by atoms with E-state index in [1.165, 1.54) is 12.3 Å². The van der Waals surface area contributed by atoms with E-state index in [1.807, 2.05) is 5.92 Å². The van der Waals surface area contributed by atoms with E-state index >= 15 is 0 Å². The summed E-state index contributed by atoms with van der Waals surface area (Å²) in [7, 11) is 0. The lowest BCUT2D eigenvalue weighted by Crippen LogP contribution is -1.86. The smallest absolute Gasteiger partial charge is 0.382 e. The molecule has 1 N–H and O–H groups in total. The van der Waals surface area contributed by atoms with Crippen LogP contribution in [0.4, 0.5) is 0 Å². The molecule has 0 aliphatic rings. The van der Waals surface area contributed by atoms with Gasteiger partial charge in [0.05, 0.1) is 0 Å². The Hall–Kier alpha value is -1.76. The molecule has 4 heteroatoms. The SMILES string of the molecule is O=C(O)C#Cc1ccon1. The van der Waals surface area contributed by atoms with Gasteiger partial charge in [-0.05, 0) is 5.92 Å². The summed E-state index contributed by atoms with van der Waals surface area (Å²) in [5.74, 6) is 2.98. The zero-order valence-electron chi connectivity index (χ0n) is 4.87. The van der Waals surface area contributed by atoms with E-state index in [2.05, 4.69) is 15.6 Å². The van der Waals surface area contributed by atoms with Crippen LogP contribution in [0.15, 0.2) is 16.9 Å². The van der Waals surface area contributed by atoms with Crippen LogP contribution in [0.1, 0.15) is 5.69 Å². The van der Waals surface area contributed by atoms with Crippen LogP contribution in [0, 0.1) is 11.8 Å². The molecule has 50 valence electrons. The van der Waals surface area contributed by atoms with E-state index in [-0.39, 0.29) is 0 Å². The monoisotopic (exact) mass is 137 g/mol. The average Bonchev–Trinajstić information content (AvgIpc) is 2.34. The highest BCUT2D eigenvalue weighted by Gasteiger charge is 1.88. The van der Waals surface area contributed by atoms with Crippen LogP contribution >= 0.6 is 0 Å². The molecule has 0 saturated heterocycles. The largest absolute Gasteiger partial charge is 0.472 e. The molecule has 10 heavy (non-hydrogen) atoms. The summed E-state index contributed by atoms with van der Waals surface area (Å²) in [4.78, 5) is 9.86. The number of aromatic nitrogens is 1. The van der Waals surface area contributed by atoms with Gasteiger partial charge in [-0.1, -0.05) is 5.16 Å². The molecule has 0 fully saturated rings. The predicted octanol–water partition coefficient (Wildman–Crippen LogP) is 0.111. The van der Waals surface area contributed by atoms with Crippen molar-refractivity contribution in [2.75, 3.05) is 0 Å². The molecule has 0 aromatic carbocycles. The zero-order valence-corrected chi connectivity index (χ0v) is 4.87. The second-order valence-corrected chi connectivity index (χ2v) is 1.44. The van der Waals surface area contributed by atoms with E-state index in [4.69, 9.17) is 5.11 Å². The van der Waals surface area contributed by atoms with Gasteiger partial charge < -0.3 is 9.63 Å². The number of carboxylic acid groups (broad SMARTS) is 1. The molecular weight excluding hydrogens is 134 g/mol. The number of hydrogen-bond donors (Lipinski definition) is 1. The van der Waals surface area contributed by atoms with Crippen molar-refractivity contribution < 1.29 is 14.4 Å². The Morgan fingerprint density at radius 1 is 1.80 bits per heavy atom. The lowest BCUT2D eigenvalue weighted by Gasteiger charge is -1.70. The Morgan fingerprint density at radius 3 is 3.10 bits per heavy atom. The number of aliphatic carboxylic acids is 1. The fourth-order valence-electron chi connectivity index (χ4n) is 0.395. The van der Waals surface area contributed by atoms with Crippen LogP contribution in [0.3, 0.4) is 0 Å². The first kappa shape index (κ1) is 6.36. The second-order valence-electron chi connectivity index (χ2n) is 1.44. The van der Waals surface area contributed by atoms with Crippen molar-refractivity contribution >= 4 is 5.97 Å². The summed E-state index contributed by atoms with van der Waals surface area (Å²) in [5, 5.41) is 11.5. The van der Waals surface area contributed by atoms with Crippen molar-refractivity contribution in [2.45, 2.75) is 0 Å². The van der Waals surface area contributed by atoms with Crippen LogP contribution in [0.25, 0.3) is 0 Å². The van der Waals surface area contributed by atoms with E-state index in [9.17, 15) is 4.79 Å². The summed E-state index contributed by atoms with van der Waals surface area (Å²) >= 11 is 0. The summed E-state index contributed by atoms with van der Waals surface area (Å²) in [6.07, 6.45) is 1.33. The van der Waals surface area contributed by atoms with Gasteiger partial charge in [-0.25, -0.2) is 4.79 Å². The molecular formula is C6H3NO3. The fraction of sp³-hybridized carbons (Fsp3) is 0. The van der Waals surface area contributed by atoms with E-state index in [1.54, 1.807) is 0 Å². The predicted molar refractivity (Wildman–Crippen MR) is 31.0 cm³/mol. The molecule has 1 aromatic rings. The van der Waals surface area contributed by atoms with E-state index in [0.29, 0.717) is 5.69 Å². The van der Waals surface area contributed by atoms with Gasteiger partial charge in [-0.15, -0.1) is 0 Å². The van der Waals surface area contributed by atoms with Gasteiger partial charge in [0, 0.05) is 12.0 Å². The van der Waals surface area contributed by atoms with Crippen LogP contribution < -0.4 is 0 Å². The first-order chi connectivity index (χ1) is 4.79. The quantitative estimate of drug-likeness (QED) is 0.515. The molecule has 0 atom stereocenters. The van der Waals surface area contributed by atoms with Gasteiger partial charge in [0.25, 0.3) is 0 Å². The Bertz CT molecular complexity index is 278. The molecule has 0 saturated carbocycles. The number of nitrogens with zero attached hydrogens (tertiary/aromatic N) is 1. The van der Waals surface area contributed by atoms with Crippen molar-refractivity contribution in [3.8, 4) is 11.8 Å². The van der Waals surface area contributed by atoms with Crippen LogP contribution in [0.2, 0.25) is 0 Å². The van der Waals surface area contributed by atoms with Crippen molar-refractivity contribution in [1.82, 2.24) is 5.16 Å². The van der Waals surface area contributed by atoms with Crippen molar-refractivity contribution in [3.63, 3.8) is 0 Å². The van der Waals surface area contributed by atoms with Gasteiger partial charge in [0.2, 0.25) is 0 Å². The summed E-state index contributed by atoms with van der Waals surface area (Å²) in [6, 6.07) is 1.48. The molecule has 0 unspecified atom stereocenters. The van der Waals surface area contributed by atoms with Crippen LogP contribution in [0.5, 0.6) is 0 Å². The zero-order chi connectivity index (χ0) is 7.40. The summed E-state index contributed by atoms with van der Waals surface area (Å²) in [6.45, 7) is 0. The highest BCUT2D eigenvalue weighted by molar-refractivity contribution is 5.87. The van der Waals surface area contributed by atoms with Gasteiger partial charge in [-0.2, -0.15) is 0 Å². The second kappa shape index (κ2) is 2.69. The van der Waals surface area contributed by atoms with Crippen molar-refractivity contribution in [3.05, 3.63) is 18.0 Å². The minimum atomic E-state index is -1.18. The van der Waals surface area contributed by atoms with E-state index < -0.39 is 5.97 Å². The molecule has 1 rings (SSSR count). The maximum atomic E-state index is 9.86. The Balaban J connectivity index is 2.75. The first-order valence-electron chi connectivity index (χ1n) is 2.44.